The average molecular weight is 352 g/mol. The van der Waals surface area contributed by atoms with E-state index in [1.807, 2.05) is 23.2 Å². The fraction of sp³-hybridized carbons (Fsp3) is 0.526. The predicted octanol–water partition coefficient (Wildman–Crippen LogP) is 1.06. The Hall–Kier alpha value is -2.59. The van der Waals surface area contributed by atoms with E-state index in [1.54, 1.807) is 11.0 Å². The molecule has 1 aromatic carbocycles. The van der Waals surface area contributed by atoms with Crippen molar-refractivity contribution in [2.24, 2.45) is 10.8 Å². The molecule has 3 aliphatic heterocycles. The van der Waals surface area contributed by atoms with Crippen LogP contribution in [0.2, 0.25) is 0 Å². The Kier molecular flexibility index (Phi) is 4.51. The summed E-state index contributed by atoms with van der Waals surface area (Å²) in [5.74, 6) is 0.774. The van der Waals surface area contributed by atoms with E-state index in [-0.39, 0.29) is 18.0 Å². The predicted molar refractivity (Wildman–Crippen MR) is 97.7 cm³/mol. The van der Waals surface area contributed by atoms with E-state index < -0.39 is 0 Å². The van der Waals surface area contributed by atoms with E-state index in [2.05, 4.69) is 11.0 Å². The van der Waals surface area contributed by atoms with E-state index in [9.17, 15) is 10.1 Å². The maximum Gasteiger partial charge on any atom is 0.254 e. The fourth-order valence-electron chi connectivity index (χ4n) is 4.08. The Morgan fingerprint density at radius 3 is 2.85 bits per heavy atom. The molecule has 1 amide bonds. The monoisotopic (exact) mass is 352 g/mol. The molecule has 2 fully saturated rings. The van der Waals surface area contributed by atoms with Gasteiger partial charge in [0.15, 0.2) is 0 Å². The van der Waals surface area contributed by atoms with Crippen molar-refractivity contribution in [2.75, 3.05) is 19.6 Å². The van der Waals surface area contributed by atoms with Gasteiger partial charge in [-0.15, -0.1) is 5.10 Å². The SMILES string of the molecule is N#Cc1ccccc1CN1C(=O)C2CCCN2N=C1N1CCC[C@@H](N)C1. The van der Waals surface area contributed by atoms with Crippen LogP contribution in [-0.4, -0.2) is 58.4 Å². The van der Waals surface area contributed by atoms with Gasteiger partial charge in [-0.2, -0.15) is 5.26 Å². The van der Waals surface area contributed by atoms with Crippen LogP contribution in [0.15, 0.2) is 29.4 Å². The van der Waals surface area contributed by atoms with Gasteiger partial charge in [-0.25, -0.2) is 0 Å². The van der Waals surface area contributed by atoms with E-state index in [0.717, 1.165) is 44.3 Å². The highest BCUT2D eigenvalue weighted by molar-refractivity contribution is 6.01. The number of benzene rings is 1. The number of carbonyl (C=O) groups is 1. The number of carbonyl (C=O) groups excluding carboxylic acids is 1. The van der Waals surface area contributed by atoms with Crippen LogP contribution in [0.3, 0.4) is 0 Å². The molecule has 0 bridgehead atoms. The molecule has 7 heteroatoms. The first-order chi connectivity index (χ1) is 12.7. The number of likely N-dealkylation sites (tertiary alicyclic amines) is 1. The topological polar surface area (TPSA) is 89.0 Å². The molecule has 2 atom stereocenters. The second-order valence-corrected chi connectivity index (χ2v) is 7.26. The van der Waals surface area contributed by atoms with E-state index >= 15 is 0 Å². The Morgan fingerprint density at radius 1 is 1.23 bits per heavy atom. The van der Waals surface area contributed by atoms with Crippen molar-refractivity contribution in [1.82, 2.24) is 14.8 Å². The molecule has 1 unspecified atom stereocenters. The second kappa shape index (κ2) is 6.96. The Balaban J connectivity index is 1.68. The molecule has 0 radical (unpaired) electrons. The Labute approximate surface area is 153 Å². The number of nitrogens with zero attached hydrogens (tertiary/aromatic N) is 5. The van der Waals surface area contributed by atoms with Crippen LogP contribution in [0.25, 0.3) is 0 Å². The van der Waals surface area contributed by atoms with Gasteiger partial charge in [-0.3, -0.25) is 14.7 Å². The van der Waals surface area contributed by atoms with Crippen molar-refractivity contribution in [3.05, 3.63) is 35.4 Å². The summed E-state index contributed by atoms with van der Waals surface area (Å²) in [6.45, 7) is 2.76. The normalized spacial score (nSPS) is 25.8. The number of hydrogen-bond acceptors (Lipinski definition) is 6. The molecule has 0 saturated carbocycles. The standard InChI is InChI=1S/C19H24N6O/c20-11-14-5-1-2-6-15(14)12-24-18(26)17-8-4-10-25(17)22-19(24)23-9-3-7-16(21)13-23/h1-2,5-6,16-17H,3-4,7-10,12-13,21H2/t16-,17?/m1/s1. The molecule has 2 saturated heterocycles. The first-order valence-electron chi connectivity index (χ1n) is 9.32. The molecule has 3 heterocycles. The summed E-state index contributed by atoms with van der Waals surface area (Å²) in [5, 5.41) is 16.2. The van der Waals surface area contributed by atoms with Crippen molar-refractivity contribution in [3.8, 4) is 6.07 Å². The summed E-state index contributed by atoms with van der Waals surface area (Å²) in [6.07, 6.45) is 3.82. The van der Waals surface area contributed by atoms with Crippen molar-refractivity contribution in [3.63, 3.8) is 0 Å². The zero-order chi connectivity index (χ0) is 18.1. The summed E-state index contributed by atoms with van der Waals surface area (Å²) in [5.41, 5.74) is 7.61. The van der Waals surface area contributed by atoms with Crippen LogP contribution in [0.5, 0.6) is 0 Å². The minimum Gasteiger partial charge on any atom is -0.339 e. The van der Waals surface area contributed by atoms with Crippen LogP contribution >= 0.6 is 0 Å². The lowest BCUT2D eigenvalue weighted by atomic mass is 10.1. The van der Waals surface area contributed by atoms with Gasteiger partial charge in [-0.1, -0.05) is 18.2 Å². The van der Waals surface area contributed by atoms with Gasteiger partial charge in [0, 0.05) is 25.7 Å². The number of rotatable bonds is 2. The number of fused-ring (bicyclic) bond motifs is 1. The van der Waals surface area contributed by atoms with E-state index in [4.69, 9.17) is 10.8 Å². The third-order valence-electron chi connectivity index (χ3n) is 5.44. The highest BCUT2D eigenvalue weighted by atomic mass is 16.2. The van der Waals surface area contributed by atoms with Gasteiger partial charge < -0.3 is 10.6 Å². The van der Waals surface area contributed by atoms with Crippen LogP contribution in [0.1, 0.15) is 36.8 Å². The van der Waals surface area contributed by atoms with Crippen molar-refractivity contribution in [1.29, 1.82) is 5.26 Å². The number of hydrazone groups is 1. The first kappa shape index (κ1) is 16.9. The van der Waals surface area contributed by atoms with Crippen LogP contribution < -0.4 is 5.73 Å². The molecule has 0 spiro atoms. The van der Waals surface area contributed by atoms with Crippen molar-refractivity contribution in [2.45, 2.75) is 44.3 Å². The minimum absolute atomic E-state index is 0.0828. The molecule has 3 aliphatic rings. The highest BCUT2D eigenvalue weighted by Crippen LogP contribution is 2.27. The maximum atomic E-state index is 13.2. The van der Waals surface area contributed by atoms with Crippen LogP contribution in [-0.2, 0) is 11.3 Å². The molecule has 2 N–H and O–H groups in total. The number of piperidine rings is 1. The first-order valence-corrected chi connectivity index (χ1v) is 9.32. The Bertz CT molecular complexity index is 770. The van der Waals surface area contributed by atoms with Gasteiger partial charge in [-0.05, 0) is 37.3 Å². The van der Waals surface area contributed by atoms with Crippen molar-refractivity contribution >= 4 is 11.9 Å². The highest BCUT2D eigenvalue weighted by Gasteiger charge is 2.41. The summed E-state index contributed by atoms with van der Waals surface area (Å²) in [6, 6.07) is 9.60. The number of amides is 1. The quantitative estimate of drug-likeness (QED) is 0.860. The van der Waals surface area contributed by atoms with Crippen LogP contribution in [0, 0.1) is 11.3 Å². The summed E-state index contributed by atoms with van der Waals surface area (Å²) in [7, 11) is 0. The van der Waals surface area contributed by atoms with Gasteiger partial charge in [0.2, 0.25) is 5.96 Å². The third-order valence-corrected chi connectivity index (χ3v) is 5.44. The minimum atomic E-state index is -0.175. The summed E-state index contributed by atoms with van der Waals surface area (Å²) < 4.78 is 0. The van der Waals surface area contributed by atoms with Gasteiger partial charge >= 0.3 is 0 Å². The van der Waals surface area contributed by atoms with Crippen molar-refractivity contribution < 1.29 is 4.79 Å². The molecule has 4 rings (SSSR count). The largest absolute Gasteiger partial charge is 0.339 e. The van der Waals surface area contributed by atoms with Gasteiger partial charge in [0.25, 0.3) is 5.91 Å². The lowest BCUT2D eigenvalue weighted by molar-refractivity contribution is -0.134. The molecule has 0 aromatic heterocycles. The smallest absolute Gasteiger partial charge is 0.254 e. The van der Waals surface area contributed by atoms with E-state index in [0.29, 0.717) is 24.6 Å². The third kappa shape index (κ3) is 3.01. The lowest BCUT2D eigenvalue weighted by Gasteiger charge is -2.42. The molecular weight excluding hydrogens is 328 g/mol. The number of nitriles is 1. The summed E-state index contributed by atoms with van der Waals surface area (Å²) >= 11 is 0. The second-order valence-electron chi connectivity index (χ2n) is 7.26. The average Bonchev–Trinajstić information content (AvgIpc) is 3.13. The van der Waals surface area contributed by atoms with Gasteiger partial charge in [0.05, 0.1) is 18.2 Å². The number of nitrogens with two attached hydrogens (primary N) is 1. The zero-order valence-electron chi connectivity index (χ0n) is 14.8. The number of hydrogen-bond donors (Lipinski definition) is 1. The molecular formula is C19H24N6O. The van der Waals surface area contributed by atoms with E-state index in [1.165, 1.54) is 0 Å². The molecule has 1 aromatic rings. The lowest BCUT2D eigenvalue weighted by Crippen LogP contribution is -2.59. The molecule has 136 valence electrons. The number of guanidine groups is 1. The molecule has 0 aliphatic carbocycles. The zero-order valence-corrected chi connectivity index (χ0v) is 14.8. The molecule has 7 nitrogen and oxygen atoms in total. The fourth-order valence-corrected chi connectivity index (χ4v) is 4.08. The summed E-state index contributed by atoms with van der Waals surface area (Å²) in [4.78, 5) is 17.1. The maximum absolute atomic E-state index is 13.2. The Morgan fingerprint density at radius 2 is 2.04 bits per heavy atom. The van der Waals surface area contributed by atoms with Gasteiger partial charge in [0.1, 0.15) is 6.04 Å². The van der Waals surface area contributed by atoms with Crippen LogP contribution in [0.4, 0.5) is 0 Å². The molecule has 26 heavy (non-hydrogen) atoms.